The van der Waals surface area contributed by atoms with Crippen molar-refractivity contribution < 1.29 is 15.0 Å². The Balaban J connectivity index is 1.84. The number of phenolic OH excluding ortho intramolecular Hbond substituents is 1. The van der Waals surface area contributed by atoms with E-state index in [1.165, 1.54) is 12.1 Å². The van der Waals surface area contributed by atoms with Crippen molar-refractivity contribution in [1.82, 2.24) is 4.98 Å². The van der Waals surface area contributed by atoms with Gasteiger partial charge >= 0.3 is 0 Å². The van der Waals surface area contributed by atoms with Crippen LogP contribution >= 0.6 is 0 Å². The Morgan fingerprint density at radius 3 is 2.71 bits per heavy atom. The Morgan fingerprint density at radius 1 is 1.25 bits per heavy atom. The minimum absolute atomic E-state index is 0.116. The number of carbonyl (C=O) groups is 1. The van der Waals surface area contributed by atoms with Crippen LogP contribution in [-0.2, 0) is 6.42 Å². The number of hydrogen-bond donors (Lipinski definition) is 3. The van der Waals surface area contributed by atoms with Crippen molar-refractivity contribution in [2.45, 2.75) is 32.3 Å². The molecule has 3 rings (SSSR count). The van der Waals surface area contributed by atoms with E-state index in [2.05, 4.69) is 10.3 Å². The number of fused-ring (bicyclic) bond motifs is 1. The van der Waals surface area contributed by atoms with E-state index in [9.17, 15) is 15.0 Å². The third-order valence-electron chi connectivity index (χ3n) is 4.18. The van der Waals surface area contributed by atoms with Crippen LogP contribution in [-0.4, -0.2) is 27.2 Å². The number of aliphatic hydroxyl groups excluding tert-OH is 1. The maximum atomic E-state index is 12.2. The smallest absolute Gasteiger partial charge is 0.256 e. The van der Waals surface area contributed by atoms with Crippen LogP contribution in [0.5, 0.6) is 5.75 Å². The molecule has 1 heterocycles. The Kier molecular flexibility index (Phi) is 4.62. The minimum Gasteiger partial charge on any atom is -0.508 e. The number of aliphatic hydroxyl groups is 1. The summed E-state index contributed by atoms with van der Waals surface area (Å²) >= 11 is 0. The van der Waals surface area contributed by atoms with Gasteiger partial charge in [-0.05, 0) is 73.2 Å². The van der Waals surface area contributed by atoms with E-state index in [0.29, 0.717) is 11.4 Å². The molecule has 1 atom stereocenters. The zero-order chi connectivity index (χ0) is 17.1. The largest absolute Gasteiger partial charge is 0.508 e. The molecule has 0 radical (unpaired) electrons. The van der Waals surface area contributed by atoms with Gasteiger partial charge in [-0.2, -0.15) is 0 Å². The van der Waals surface area contributed by atoms with Crippen molar-refractivity contribution in [2.24, 2.45) is 0 Å². The van der Waals surface area contributed by atoms with Crippen LogP contribution < -0.4 is 5.32 Å². The molecular weight excluding hydrogens is 304 g/mol. The van der Waals surface area contributed by atoms with Gasteiger partial charge in [0.25, 0.3) is 5.91 Å². The highest BCUT2D eigenvalue weighted by atomic mass is 16.3. The Hall–Kier alpha value is -2.66. The van der Waals surface area contributed by atoms with Crippen LogP contribution in [0.4, 0.5) is 5.82 Å². The average molecular weight is 324 g/mol. The lowest BCUT2D eigenvalue weighted by atomic mass is 10.1. The van der Waals surface area contributed by atoms with Crippen LogP contribution in [0.1, 0.15) is 41.3 Å². The fourth-order valence-electron chi connectivity index (χ4n) is 2.80. The molecule has 5 heteroatoms. The van der Waals surface area contributed by atoms with E-state index < -0.39 is 6.10 Å². The van der Waals surface area contributed by atoms with E-state index in [4.69, 9.17) is 0 Å². The van der Waals surface area contributed by atoms with Gasteiger partial charge in [0, 0.05) is 11.8 Å². The number of phenols is 1. The normalized spacial score (nSPS) is 15.0. The van der Waals surface area contributed by atoms with Crippen molar-refractivity contribution in [3.05, 3.63) is 58.8 Å². The zero-order valence-corrected chi connectivity index (χ0v) is 13.5. The topological polar surface area (TPSA) is 82.5 Å². The molecule has 1 aliphatic carbocycles. The first-order chi connectivity index (χ1) is 11.5. The highest BCUT2D eigenvalue weighted by Crippen LogP contribution is 2.26. The highest BCUT2D eigenvalue weighted by Gasteiger charge is 2.14. The number of nitrogens with zero attached hydrogens (tertiary/aromatic N) is 1. The molecule has 24 heavy (non-hydrogen) atoms. The predicted octanol–water partition coefficient (Wildman–Crippen LogP) is 3.14. The molecule has 5 nitrogen and oxygen atoms in total. The number of hydrogen-bond acceptors (Lipinski definition) is 4. The molecule has 0 spiro atoms. The summed E-state index contributed by atoms with van der Waals surface area (Å²) in [5.41, 5.74) is 3.55. The third kappa shape index (κ3) is 3.63. The molecule has 1 unspecified atom stereocenters. The fourth-order valence-corrected chi connectivity index (χ4v) is 2.80. The second-order valence-corrected chi connectivity index (χ2v) is 6.02. The Bertz CT molecular complexity index is 780. The first-order valence-electron chi connectivity index (χ1n) is 8.01. The van der Waals surface area contributed by atoms with E-state index >= 15 is 0 Å². The van der Waals surface area contributed by atoms with Crippen LogP contribution in [0.25, 0.3) is 6.08 Å². The molecule has 0 bridgehead atoms. The van der Waals surface area contributed by atoms with Crippen LogP contribution in [0.2, 0.25) is 0 Å². The van der Waals surface area contributed by atoms with Crippen molar-refractivity contribution in [3.8, 4) is 5.75 Å². The van der Waals surface area contributed by atoms with Crippen molar-refractivity contribution in [2.75, 3.05) is 5.32 Å². The van der Waals surface area contributed by atoms with Crippen molar-refractivity contribution >= 4 is 17.8 Å². The quantitative estimate of drug-likeness (QED) is 0.810. The lowest BCUT2D eigenvalue weighted by molar-refractivity contribution is 0.102. The van der Waals surface area contributed by atoms with Gasteiger partial charge in [0.1, 0.15) is 11.6 Å². The first kappa shape index (κ1) is 16.2. The summed E-state index contributed by atoms with van der Waals surface area (Å²) in [4.78, 5) is 16.6. The molecule has 1 aliphatic rings. The van der Waals surface area contributed by atoms with Crippen molar-refractivity contribution in [3.63, 3.8) is 0 Å². The molecule has 124 valence electrons. The summed E-state index contributed by atoms with van der Waals surface area (Å²) in [5.74, 6) is 0.302. The monoisotopic (exact) mass is 324 g/mol. The number of carbonyl (C=O) groups excluding carboxylic acids is 1. The average Bonchev–Trinajstić information content (AvgIpc) is 2.77. The van der Waals surface area contributed by atoms with E-state index in [1.807, 2.05) is 12.1 Å². The number of nitrogens with one attached hydrogen (secondary N) is 1. The molecule has 1 amide bonds. The number of benzene rings is 1. The molecule has 1 aromatic heterocycles. The van der Waals surface area contributed by atoms with Crippen LogP contribution in [0.3, 0.4) is 0 Å². The Morgan fingerprint density at radius 2 is 2.00 bits per heavy atom. The summed E-state index contributed by atoms with van der Waals surface area (Å²) in [6.45, 7) is 1.77. The van der Waals surface area contributed by atoms with Gasteiger partial charge in [-0.15, -0.1) is 0 Å². The summed E-state index contributed by atoms with van der Waals surface area (Å²) in [5, 5.41) is 21.9. The zero-order valence-electron chi connectivity index (χ0n) is 13.5. The van der Waals surface area contributed by atoms with Crippen LogP contribution in [0, 0.1) is 0 Å². The molecular formula is C19H20N2O3. The number of aromatic hydroxyl groups is 1. The summed E-state index contributed by atoms with van der Waals surface area (Å²) < 4.78 is 0. The minimum atomic E-state index is -0.473. The third-order valence-corrected chi connectivity index (χ3v) is 4.18. The Labute approximate surface area is 140 Å². The van der Waals surface area contributed by atoms with E-state index in [-0.39, 0.29) is 11.7 Å². The number of aromatic nitrogens is 1. The van der Waals surface area contributed by atoms with Gasteiger partial charge in [-0.25, -0.2) is 4.98 Å². The van der Waals surface area contributed by atoms with E-state index in [1.54, 1.807) is 25.3 Å². The molecule has 0 saturated heterocycles. The first-order valence-corrected chi connectivity index (χ1v) is 8.01. The molecule has 2 aromatic rings. The van der Waals surface area contributed by atoms with E-state index in [0.717, 1.165) is 36.0 Å². The molecule has 0 saturated carbocycles. The number of aryl methyl sites for hydroxylation is 1. The maximum absolute atomic E-state index is 12.2. The van der Waals surface area contributed by atoms with Gasteiger partial charge in [0.05, 0.1) is 6.10 Å². The maximum Gasteiger partial charge on any atom is 0.256 e. The highest BCUT2D eigenvalue weighted by molar-refractivity contribution is 6.03. The molecule has 0 aliphatic heterocycles. The van der Waals surface area contributed by atoms with Gasteiger partial charge in [-0.1, -0.05) is 6.08 Å². The lowest BCUT2D eigenvalue weighted by Crippen LogP contribution is -2.13. The molecule has 1 aromatic carbocycles. The second-order valence-electron chi connectivity index (χ2n) is 6.02. The summed E-state index contributed by atoms with van der Waals surface area (Å²) in [6.07, 6.45) is 6.04. The van der Waals surface area contributed by atoms with Gasteiger partial charge < -0.3 is 15.5 Å². The lowest BCUT2D eigenvalue weighted by Gasteiger charge is -2.09. The number of pyridine rings is 1. The number of amides is 1. The number of rotatable bonds is 3. The predicted molar refractivity (Wildman–Crippen MR) is 92.9 cm³/mol. The summed E-state index contributed by atoms with van der Waals surface area (Å²) in [7, 11) is 0. The summed E-state index contributed by atoms with van der Waals surface area (Å²) in [6, 6.07) is 7.88. The van der Waals surface area contributed by atoms with Crippen LogP contribution in [0.15, 0.2) is 42.1 Å². The fraction of sp³-hybridized carbons (Fsp3) is 0.263. The molecule has 0 fully saturated rings. The van der Waals surface area contributed by atoms with Gasteiger partial charge in [0.15, 0.2) is 0 Å². The van der Waals surface area contributed by atoms with Crippen molar-refractivity contribution in [1.29, 1.82) is 0 Å². The SMILES string of the molecule is CC(O)C1=Cc2cc(NC(=O)c3ccc(O)cc3)ncc2CCC1. The standard InChI is InChI=1S/C19H20N2O3/c1-12(22)14-3-2-4-15-11-20-18(10-16(15)9-14)21-19(24)13-5-7-17(23)8-6-13/h5-12,22-23H,2-4H2,1H3,(H,20,21,24). The molecule has 3 N–H and O–H groups in total. The van der Waals surface area contributed by atoms with Gasteiger partial charge in [0.2, 0.25) is 0 Å². The number of anilines is 1. The second kappa shape index (κ2) is 6.84. The van der Waals surface area contributed by atoms with Gasteiger partial charge in [-0.3, -0.25) is 4.79 Å².